The largest absolute Gasteiger partial charge is 0.481 e. The van der Waals surface area contributed by atoms with E-state index >= 15 is 0 Å². The van der Waals surface area contributed by atoms with Gasteiger partial charge >= 0.3 is 5.97 Å². The number of carbonyl (C=O) groups is 2. The molecule has 0 aromatic heterocycles. The molecule has 2 atom stereocenters. The van der Waals surface area contributed by atoms with Crippen molar-refractivity contribution in [2.75, 3.05) is 7.05 Å². The molecule has 2 rings (SSSR count). The van der Waals surface area contributed by atoms with Crippen molar-refractivity contribution >= 4 is 23.8 Å². The molecule has 1 heterocycles. The van der Waals surface area contributed by atoms with Gasteiger partial charge in [0.05, 0.1) is 4.92 Å². The Balaban J connectivity index is 2.56. The second kappa shape index (κ2) is 7.03. The van der Waals surface area contributed by atoms with Crippen molar-refractivity contribution in [1.29, 1.82) is 0 Å². The molecule has 1 aromatic carbocycles. The third kappa shape index (κ3) is 3.17. The Hall–Kier alpha value is -3.03. The van der Waals surface area contributed by atoms with Crippen LogP contribution in [-0.4, -0.2) is 40.1 Å². The molecule has 24 heavy (non-hydrogen) atoms. The monoisotopic (exact) mass is 331 g/mol. The number of non-ortho nitro benzene ring substituents is 1. The number of amides is 1. The van der Waals surface area contributed by atoms with Crippen LogP contribution in [0.2, 0.25) is 0 Å². The van der Waals surface area contributed by atoms with Gasteiger partial charge < -0.3 is 10.0 Å². The van der Waals surface area contributed by atoms with Gasteiger partial charge in [0.1, 0.15) is 5.92 Å². The second-order valence-electron chi connectivity index (χ2n) is 5.39. The summed E-state index contributed by atoms with van der Waals surface area (Å²) in [5, 5.41) is 20.5. The molecule has 1 N–H and O–H groups in total. The summed E-state index contributed by atoms with van der Waals surface area (Å²) in [6.07, 6.45) is 2.52. The van der Waals surface area contributed by atoms with Gasteiger partial charge in [-0.15, -0.1) is 0 Å². The lowest BCUT2D eigenvalue weighted by molar-refractivity contribution is -0.384. The Kier molecular flexibility index (Phi) is 5.08. The van der Waals surface area contributed by atoms with Crippen molar-refractivity contribution in [2.45, 2.75) is 19.3 Å². The summed E-state index contributed by atoms with van der Waals surface area (Å²) in [5.41, 5.74) is 1.42. The summed E-state index contributed by atoms with van der Waals surface area (Å²) in [5.74, 6) is -2.63. The van der Waals surface area contributed by atoms with E-state index in [0.717, 1.165) is 0 Å². The van der Waals surface area contributed by atoms with Crippen molar-refractivity contribution in [2.24, 2.45) is 10.9 Å². The number of carboxylic acid groups (broad SMARTS) is 1. The summed E-state index contributed by atoms with van der Waals surface area (Å²) in [7, 11) is 1.52. The number of benzene rings is 1. The molecule has 0 saturated heterocycles. The van der Waals surface area contributed by atoms with E-state index < -0.39 is 22.7 Å². The third-order valence-corrected chi connectivity index (χ3v) is 4.03. The van der Waals surface area contributed by atoms with Crippen LogP contribution >= 0.6 is 0 Å². The number of aliphatic carboxylic acids is 1. The Morgan fingerprint density at radius 2 is 2.04 bits per heavy atom. The first-order valence-corrected chi connectivity index (χ1v) is 7.32. The maximum atomic E-state index is 11.8. The van der Waals surface area contributed by atoms with Crippen LogP contribution in [0, 0.1) is 16.0 Å². The Labute approximate surface area is 138 Å². The highest BCUT2D eigenvalue weighted by atomic mass is 16.6. The van der Waals surface area contributed by atoms with Crippen molar-refractivity contribution in [3.8, 4) is 0 Å². The second-order valence-corrected chi connectivity index (χ2v) is 5.39. The number of carboxylic acids is 1. The highest BCUT2D eigenvalue weighted by Crippen LogP contribution is 2.38. The molecule has 126 valence electrons. The number of hydrogen-bond acceptors (Lipinski definition) is 5. The molecule has 2 unspecified atom stereocenters. The number of nitro groups is 1. The molecule has 1 amide bonds. The van der Waals surface area contributed by atoms with Crippen molar-refractivity contribution in [3.05, 3.63) is 51.8 Å². The van der Waals surface area contributed by atoms with Gasteiger partial charge in [-0.05, 0) is 12.0 Å². The van der Waals surface area contributed by atoms with E-state index in [1.165, 1.54) is 42.4 Å². The van der Waals surface area contributed by atoms with Crippen molar-refractivity contribution in [3.63, 3.8) is 0 Å². The first-order valence-electron chi connectivity index (χ1n) is 7.32. The number of nitro benzene ring substituents is 1. The minimum absolute atomic E-state index is 0.0833. The molecule has 1 aromatic rings. The Morgan fingerprint density at radius 1 is 1.42 bits per heavy atom. The minimum Gasteiger partial charge on any atom is -0.481 e. The lowest BCUT2D eigenvalue weighted by Gasteiger charge is -2.33. The maximum Gasteiger partial charge on any atom is 0.313 e. The Bertz CT molecular complexity index is 724. The number of likely N-dealkylation sites (N-methyl/N-ethyl adjacent to an activating group) is 1. The molecule has 0 aliphatic carbocycles. The third-order valence-electron chi connectivity index (χ3n) is 4.03. The summed E-state index contributed by atoms with van der Waals surface area (Å²) < 4.78 is 0. The van der Waals surface area contributed by atoms with Crippen LogP contribution in [0.5, 0.6) is 0 Å². The molecule has 8 nitrogen and oxygen atoms in total. The number of aliphatic imine (C=N–C) groups is 1. The molecular formula is C16H17N3O5. The van der Waals surface area contributed by atoms with Crippen LogP contribution in [0.3, 0.4) is 0 Å². The molecule has 1 aliphatic heterocycles. The summed E-state index contributed by atoms with van der Waals surface area (Å²) >= 11 is 0. The van der Waals surface area contributed by atoms with Gasteiger partial charge in [-0.3, -0.25) is 24.7 Å². The quantitative estimate of drug-likeness (QED) is 0.487. The zero-order valence-electron chi connectivity index (χ0n) is 13.2. The standard InChI is InChI=1S/C16H17N3O5/c1-3-12-15(16(21)22)14(13(8-17-12)18(2)9-20)10-4-6-11(7-5-10)19(23)24/h4-9,14-15H,3H2,1-2H3,(H,21,22). The molecule has 0 fully saturated rings. The van der Waals surface area contributed by atoms with Gasteiger partial charge in [-0.25, -0.2) is 0 Å². The number of carbonyl (C=O) groups excluding carboxylic acids is 1. The van der Waals surface area contributed by atoms with Gasteiger partial charge in [-0.2, -0.15) is 0 Å². The fraction of sp³-hybridized carbons (Fsp3) is 0.312. The van der Waals surface area contributed by atoms with E-state index in [9.17, 15) is 24.8 Å². The highest BCUT2D eigenvalue weighted by Gasteiger charge is 2.39. The molecule has 1 aliphatic rings. The molecule has 0 bridgehead atoms. The molecular weight excluding hydrogens is 314 g/mol. The summed E-state index contributed by atoms with van der Waals surface area (Å²) in [4.78, 5) is 38.7. The van der Waals surface area contributed by atoms with Gasteiger partial charge in [0.15, 0.2) is 0 Å². The first-order chi connectivity index (χ1) is 11.4. The maximum absolute atomic E-state index is 11.8. The van der Waals surface area contributed by atoms with E-state index in [4.69, 9.17) is 0 Å². The lowest BCUT2D eigenvalue weighted by atomic mass is 9.78. The first kappa shape index (κ1) is 17.3. The fourth-order valence-electron chi connectivity index (χ4n) is 2.81. The van der Waals surface area contributed by atoms with E-state index in [-0.39, 0.29) is 5.69 Å². The van der Waals surface area contributed by atoms with Crippen molar-refractivity contribution < 1.29 is 19.6 Å². The smallest absolute Gasteiger partial charge is 0.313 e. The van der Waals surface area contributed by atoms with Gasteiger partial charge in [-0.1, -0.05) is 19.1 Å². The Morgan fingerprint density at radius 3 is 2.50 bits per heavy atom. The SMILES string of the molecule is CCC1=NC=C(N(C)C=O)C(c2ccc([N+](=O)[O-])cc2)C1C(=O)O. The van der Waals surface area contributed by atoms with Gasteiger partial charge in [0, 0.05) is 42.7 Å². The highest BCUT2D eigenvalue weighted by molar-refractivity contribution is 6.03. The topological polar surface area (TPSA) is 113 Å². The van der Waals surface area contributed by atoms with E-state index in [1.807, 2.05) is 6.92 Å². The average Bonchev–Trinajstić information content (AvgIpc) is 2.59. The fourth-order valence-corrected chi connectivity index (χ4v) is 2.81. The average molecular weight is 331 g/mol. The van der Waals surface area contributed by atoms with Crippen LogP contribution in [0.25, 0.3) is 0 Å². The lowest BCUT2D eigenvalue weighted by Crippen LogP contribution is -2.37. The van der Waals surface area contributed by atoms with Crippen molar-refractivity contribution in [1.82, 2.24) is 4.90 Å². The van der Waals surface area contributed by atoms with E-state index in [1.54, 1.807) is 0 Å². The minimum atomic E-state index is -1.05. The van der Waals surface area contributed by atoms with Crippen LogP contribution < -0.4 is 0 Å². The number of rotatable bonds is 6. The van der Waals surface area contributed by atoms with Crippen LogP contribution in [-0.2, 0) is 9.59 Å². The zero-order valence-corrected chi connectivity index (χ0v) is 13.2. The normalized spacial score (nSPS) is 19.9. The van der Waals surface area contributed by atoms with E-state index in [0.29, 0.717) is 29.8 Å². The number of hydrogen-bond donors (Lipinski definition) is 1. The summed E-state index contributed by atoms with van der Waals surface area (Å²) in [6.45, 7) is 1.81. The number of allylic oxidation sites excluding steroid dienone is 1. The van der Waals surface area contributed by atoms with Crippen LogP contribution in [0.15, 0.2) is 41.2 Å². The zero-order chi connectivity index (χ0) is 17.9. The van der Waals surface area contributed by atoms with Crippen LogP contribution in [0.4, 0.5) is 5.69 Å². The number of nitrogens with zero attached hydrogens (tertiary/aromatic N) is 3. The predicted octanol–water partition coefficient (Wildman–Crippen LogP) is 2.17. The predicted molar refractivity (Wildman–Crippen MR) is 86.6 cm³/mol. The van der Waals surface area contributed by atoms with Gasteiger partial charge in [0.25, 0.3) is 5.69 Å². The molecule has 8 heteroatoms. The van der Waals surface area contributed by atoms with E-state index in [2.05, 4.69) is 4.99 Å². The van der Waals surface area contributed by atoms with Gasteiger partial charge in [0.2, 0.25) is 6.41 Å². The molecule has 0 spiro atoms. The summed E-state index contributed by atoms with van der Waals surface area (Å²) in [6, 6.07) is 5.68. The molecule has 0 saturated carbocycles. The molecule has 0 radical (unpaired) electrons. The van der Waals surface area contributed by atoms with Crippen LogP contribution in [0.1, 0.15) is 24.8 Å².